The van der Waals surface area contributed by atoms with Crippen LogP contribution in [0.2, 0.25) is 19.1 Å². The molecule has 0 spiro atoms. The molecule has 9 nitrogen and oxygen atoms in total. The van der Waals surface area contributed by atoms with E-state index >= 15 is 0 Å². The van der Waals surface area contributed by atoms with Gasteiger partial charge in [0.25, 0.3) is 0 Å². The standard InChI is InChI=1S/C13H30O9Si3/c1-12(2)13(14)20-10-11-25(18-6,19-7)22-24(9,17-5)21-23(8,15-3)16-4/h1,10-11H2,2-9H3. The minimum absolute atomic E-state index is 0.0526. The van der Waals surface area contributed by atoms with Crippen molar-refractivity contribution < 1.29 is 39.9 Å². The van der Waals surface area contributed by atoms with Gasteiger partial charge in [0.15, 0.2) is 0 Å². The Morgan fingerprint density at radius 2 is 1.32 bits per heavy atom. The summed E-state index contributed by atoms with van der Waals surface area (Å²) in [7, 11) is -1.96. The molecule has 0 aliphatic carbocycles. The van der Waals surface area contributed by atoms with Crippen molar-refractivity contribution in [2.75, 3.05) is 42.2 Å². The van der Waals surface area contributed by atoms with Crippen LogP contribution in [-0.4, -0.2) is 74.5 Å². The molecule has 0 aromatic carbocycles. The van der Waals surface area contributed by atoms with E-state index in [1.165, 1.54) is 35.5 Å². The topological polar surface area (TPSA) is 90.9 Å². The first kappa shape index (κ1) is 24.6. The van der Waals surface area contributed by atoms with Gasteiger partial charge in [-0.2, -0.15) is 0 Å². The third-order valence-corrected chi connectivity index (χ3v) is 13.4. The predicted molar refractivity (Wildman–Crippen MR) is 96.8 cm³/mol. The smallest absolute Gasteiger partial charge is 0.462 e. The van der Waals surface area contributed by atoms with Crippen LogP contribution in [0.5, 0.6) is 0 Å². The molecule has 0 aromatic heterocycles. The van der Waals surface area contributed by atoms with E-state index in [1.54, 1.807) is 20.0 Å². The highest BCUT2D eigenvalue weighted by Crippen LogP contribution is 2.25. The van der Waals surface area contributed by atoms with Crippen LogP contribution in [0, 0.1) is 0 Å². The Morgan fingerprint density at radius 3 is 1.68 bits per heavy atom. The Bertz CT molecular complexity index is 440. The predicted octanol–water partition coefficient (Wildman–Crippen LogP) is 1.45. The molecule has 0 fully saturated rings. The van der Waals surface area contributed by atoms with Crippen molar-refractivity contribution in [3.8, 4) is 0 Å². The molecule has 0 aliphatic heterocycles. The number of rotatable bonds is 13. The molecule has 1 unspecified atom stereocenters. The maximum atomic E-state index is 11.5. The molecule has 0 saturated carbocycles. The Labute approximate surface area is 153 Å². The molecule has 12 heteroatoms. The number of carbonyl (C=O) groups is 1. The molecule has 148 valence electrons. The molecule has 0 radical (unpaired) electrons. The minimum atomic E-state index is -3.21. The molecule has 0 aromatic rings. The second kappa shape index (κ2) is 10.7. The lowest BCUT2D eigenvalue weighted by Crippen LogP contribution is -2.61. The molecular weight excluding hydrogens is 384 g/mol. The summed E-state index contributed by atoms with van der Waals surface area (Å²) < 4.78 is 44.2. The zero-order valence-corrected chi connectivity index (χ0v) is 19.3. The van der Waals surface area contributed by atoms with Gasteiger partial charge in [-0.25, -0.2) is 4.79 Å². The second-order valence-electron chi connectivity index (χ2n) is 5.30. The summed E-state index contributed by atoms with van der Waals surface area (Å²) in [5.74, 6) is -0.489. The third-order valence-electron chi connectivity index (χ3n) is 3.44. The van der Waals surface area contributed by atoms with Gasteiger partial charge in [0.05, 0.1) is 12.7 Å². The highest BCUT2D eigenvalue weighted by atomic mass is 28.5. The van der Waals surface area contributed by atoms with E-state index in [0.29, 0.717) is 5.57 Å². The largest absolute Gasteiger partial charge is 0.496 e. The van der Waals surface area contributed by atoms with Gasteiger partial charge >= 0.3 is 32.4 Å². The first-order chi connectivity index (χ1) is 11.5. The molecule has 0 aliphatic rings. The van der Waals surface area contributed by atoms with Crippen molar-refractivity contribution in [2.45, 2.75) is 26.1 Å². The van der Waals surface area contributed by atoms with Gasteiger partial charge in [0.2, 0.25) is 0 Å². The van der Waals surface area contributed by atoms with Crippen LogP contribution < -0.4 is 0 Å². The number of esters is 1. The molecule has 25 heavy (non-hydrogen) atoms. The number of carbonyl (C=O) groups excluding carboxylic acids is 1. The maximum Gasteiger partial charge on any atom is 0.496 e. The highest BCUT2D eigenvalue weighted by Gasteiger charge is 2.54. The van der Waals surface area contributed by atoms with Gasteiger partial charge in [-0.15, -0.1) is 0 Å². The van der Waals surface area contributed by atoms with Crippen LogP contribution in [-0.2, 0) is 39.9 Å². The Kier molecular flexibility index (Phi) is 10.5. The lowest BCUT2D eigenvalue weighted by molar-refractivity contribution is -0.138. The van der Waals surface area contributed by atoms with Crippen molar-refractivity contribution in [3.05, 3.63) is 12.2 Å². The zero-order chi connectivity index (χ0) is 19.7. The third kappa shape index (κ3) is 7.78. The first-order valence-corrected chi connectivity index (χ1v) is 13.9. The quantitative estimate of drug-likeness (QED) is 0.252. The first-order valence-electron chi connectivity index (χ1n) is 7.53. The maximum absolute atomic E-state index is 11.5. The van der Waals surface area contributed by atoms with Gasteiger partial charge in [0.1, 0.15) is 0 Å². The fourth-order valence-electron chi connectivity index (χ4n) is 1.70. The van der Waals surface area contributed by atoms with Gasteiger partial charge < -0.3 is 35.1 Å². The monoisotopic (exact) mass is 414 g/mol. The average molecular weight is 415 g/mol. The van der Waals surface area contributed by atoms with E-state index < -0.39 is 32.4 Å². The average Bonchev–Trinajstić information content (AvgIpc) is 2.60. The molecular formula is C13H30O9Si3. The van der Waals surface area contributed by atoms with E-state index in [4.69, 9.17) is 35.1 Å². The lowest BCUT2D eigenvalue weighted by Gasteiger charge is -2.37. The van der Waals surface area contributed by atoms with Crippen LogP contribution in [0.15, 0.2) is 12.2 Å². The van der Waals surface area contributed by atoms with Crippen LogP contribution in [0.1, 0.15) is 6.92 Å². The Hall–Kier alpha value is -0.419. The molecule has 0 bridgehead atoms. The lowest BCUT2D eigenvalue weighted by atomic mass is 10.4. The van der Waals surface area contributed by atoms with Gasteiger partial charge in [-0.1, -0.05) is 6.58 Å². The zero-order valence-electron chi connectivity index (χ0n) is 16.3. The van der Waals surface area contributed by atoms with Crippen LogP contribution in [0.4, 0.5) is 0 Å². The summed E-state index contributed by atoms with van der Waals surface area (Å²) in [4.78, 5) is 11.5. The highest BCUT2D eigenvalue weighted by molar-refractivity contribution is 6.79. The van der Waals surface area contributed by atoms with Gasteiger partial charge in [0, 0.05) is 54.2 Å². The SMILES string of the molecule is C=C(C)C(=O)OCC[Si](OC)(OC)O[Si](C)(OC)O[Si](C)(OC)OC. The van der Waals surface area contributed by atoms with Gasteiger partial charge in [-0.3, -0.25) is 0 Å². The van der Waals surface area contributed by atoms with E-state index in [9.17, 15) is 4.79 Å². The van der Waals surface area contributed by atoms with E-state index in [1.807, 2.05) is 0 Å². The molecule has 0 saturated heterocycles. The normalized spacial score (nSPS) is 14.9. The molecule has 1 atom stereocenters. The van der Waals surface area contributed by atoms with Gasteiger partial charge in [-0.05, 0) is 6.92 Å². The summed E-state index contributed by atoms with van der Waals surface area (Å²) >= 11 is 0. The number of hydrogen-bond donors (Lipinski definition) is 0. The molecule has 0 N–H and O–H groups in total. The molecule has 0 amide bonds. The van der Waals surface area contributed by atoms with E-state index in [-0.39, 0.29) is 12.7 Å². The van der Waals surface area contributed by atoms with Crippen molar-refractivity contribution >= 4 is 32.4 Å². The summed E-state index contributed by atoms with van der Waals surface area (Å²) in [5, 5.41) is 0. The van der Waals surface area contributed by atoms with Crippen molar-refractivity contribution in [1.82, 2.24) is 0 Å². The van der Waals surface area contributed by atoms with Crippen LogP contribution in [0.3, 0.4) is 0 Å². The molecule has 0 rings (SSSR count). The minimum Gasteiger partial charge on any atom is -0.462 e. The fraction of sp³-hybridized carbons (Fsp3) is 0.769. The van der Waals surface area contributed by atoms with Crippen molar-refractivity contribution in [1.29, 1.82) is 0 Å². The number of hydrogen-bond acceptors (Lipinski definition) is 9. The van der Waals surface area contributed by atoms with Crippen molar-refractivity contribution in [2.24, 2.45) is 0 Å². The summed E-state index contributed by atoms with van der Waals surface area (Å²) in [6, 6.07) is 0.229. The summed E-state index contributed by atoms with van der Waals surface area (Å²) in [5.41, 5.74) is 0.310. The summed E-state index contributed by atoms with van der Waals surface area (Å²) in [6.07, 6.45) is 0. The van der Waals surface area contributed by atoms with Crippen molar-refractivity contribution in [3.63, 3.8) is 0 Å². The summed E-state index contributed by atoms with van der Waals surface area (Å²) in [6.45, 7) is 8.56. The fourth-order valence-corrected chi connectivity index (χ4v) is 10.7. The molecule has 0 heterocycles. The van der Waals surface area contributed by atoms with E-state index in [0.717, 1.165) is 0 Å². The Morgan fingerprint density at radius 1 is 0.840 bits per heavy atom. The van der Waals surface area contributed by atoms with Crippen LogP contribution in [0.25, 0.3) is 0 Å². The van der Waals surface area contributed by atoms with E-state index in [2.05, 4.69) is 6.58 Å². The van der Waals surface area contributed by atoms with Crippen LogP contribution >= 0.6 is 0 Å². The second-order valence-corrected chi connectivity index (χ2v) is 14.3. The Balaban J connectivity index is 5.15. The number of ether oxygens (including phenoxy) is 1.